The summed E-state index contributed by atoms with van der Waals surface area (Å²) < 4.78 is 30.4. The zero-order chi connectivity index (χ0) is 16.0. The number of ether oxygens (including phenoxy) is 1. The van der Waals surface area contributed by atoms with Gasteiger partial charge in [-0.2, -0.15) is 0 Å². The number of hydrogen-bond donors (Lipinski definition) is 1. The normalized spacial score (nSPS) is 11.5. The van der Waals surface area contributed by atoms with Crippen LogP contribution < -0.4 is 5.32 Å². The summed E-state index contributed by atoms with van der Waals surface area (Å²) in [6, 6.07) is 1.44. The number of unbranched alkanes of at least 4 members (excludes halogenated alkanes) is 1. The second kappa shape index (κ2) is 7.37. The zero-order valence-electron chi connectivity index (χ0n) is 12.7. The Morgan fingerprint density at radius 1 is 1.43 bits per heavy atom. The topological polar surface area (TPSA) is 88.6 Å². The minimum atomic E-state index is -3.76. The van der Waals surface area contributed by atoms with Crippen LogP contribution in [0.4, 0.5) is 5.69 Å². The summed E-state index contributed by atoms with van der Waals surface area (Å²) in [6.45, 7) is 2.56. The molecule has 1 N–H and O–H groups in total. The Kier molecular flexibility index (Phi) is 6.10. The van der Waals surface area contributed by atoms with Gasteiger partial charge in [-0.1, -0.05) is 13.3 Å². The summed E-state index contributed by atoms with van der Waals surface area (Å²) in [5.41, 5.74) is 0.343. The lowest BCUT2D eigenvalue weighted by atomic mass is 10.2. The summed E-state index contributed by atoms with van der Waals surface area (Å²) in [5, 5.41) is 2.82. The van der Waals surface area contributed by atoms with Crippen LogP contribution in [0.3, 0.4) is 0 Å². The van der Waals surface area contributed by atoms with Gasteiger partial charge in [0, 0.05) is 26.8 Å². The standard InChI is InChI=1S/C13H21N3O4S/c1-5-6-8-14-11-10(13(17)20-4)7-9-15-12(11)21(18,19)16(2)3/h7,9,14H,5-6,8H2,1-4H3. The van der Waals surface area contributed by atoms with E-state index in [-0.39, 0.29) is 16.3 Å². The molecule has 0 saturated heterocycles. The minimum absolute atomic E-state index is 0.157. The van der Waals surface area contributed by atoms with E-state index in [0.717, 1.165) is 17.1 Å². The van der Waals surface area contributed by atoms with Crippen LogP contribution in [-0.2, 0) is 14.8 Å². The Hall–Kier alpha value is -1.67. The first-order chi connectivity index (χ1) is 9.86. The fraction of sp³-hybridized carbons (Fsp3) is 0.538. The number of pyridine rings is 1. The molecule has 1 heterocycles. The SMILES string of the molecule is CCCCNc1c(C(=O)OC)ccnc1S(=O)(=O)N(C)C. The van der Waals surface area contributed by atoms with Gasteiger partial charge in [0.1, 0.15) is 0 Å². The number of esters is 1. The van der Waals surface area contributed by atoms with E-state index in [1.807, 2.05) is 6.92 Å². The highest BCUT2D eigenvalue weighted by atomic mass is 32.2. The van der Waals surface area contributed by atoms with Crippen LogP contribution >= 0.6 is 0 Å². The molecule has 0 saturated carbocycles. The fourth-order valence-electron chi connectivity index (χ4n) is 1.65. The van der Waals surface area contributed by atoms with Crippen LogP contribution in [0, 0.1) is 0 Å². The Balaban J connectivity index is 3.39. The van der Waals surface area contributed by atoms with Crippen LogP contribution in [0.1, 0.15) is 30.1 Å². The molecule has 8 heteroatoms. The van der Waals surface area contributed by atoms with Gasteiger partial charge in [-0.05, 0) is 12.5 Å². The molecule has 0 aliphatic rings. The second-order valence-corrected chi connectivity index (χ2v) is 6.67. The number of rotatable bonds is 7. The van der Waals surface area contributed by atoms with Crippen LogP contribution in [0.25, 0.3) is 0 Å². The largest absolute Gasteiger partial charge is 0.465 e. The molecule has 0 bridgehead atoms. The molecular weight excluding hydrogens is 294 g/mol. The van der Waals surface area contributed by atoms with Gasteiger partial charge < -0.3 is 10.1 Å². The number of sulfonamides is 1. The van der Waals surface area contributed by atoms with Crippen LogP contribution in [-0.4, -0.2) is 51.4 Å². The van der Waals surface area contributed by atoms with Crippen LogP contribution in [0.5, 0.6) is 0 Å². The van der Waals surface area contributed by atoms with Crippen molar-refractivity contribution >= 4 is 21.7 Å². The van der Waals surface area contributed by atoms with Gasteiger partial charge in [0.25, 0.3) is 10.0 Å². The number of hydrogen-bond acceptors (Lipinski definition) is 6. The van der Waals surface area contributed by atoms with Crippen molar-refractivity contribution in [1.82, 2.24) is 9.29 Å². The molecule has 0 fully saturated rings. The van der Waals surface area contributed by atoms with Crippen molar-refractivity contribution in [3.8, 4) is 0 Å². The van der Waals surface area contributed by atoms with E-state index in [4.69, 9.17) is 4.74 Å². The Labute approximate surface area is 125 Å². The highest BCUT2D eigenvalue weighted by molar-refractivity contribution is 7.89. The van der Waals surface area contributed by atoms with E-state index >= 15 is 0 Å². The number of carbonyl (C=O) groups excluding carboxylic acids is 1. The van der Waals surface area contributed by atoms with Gasteiger partial charge >= 0.3 is 5.97 Å². The Morgan fingerprint density at radius 2 is 2.10 bits per heavy atom. The lowest BCUT2D eigenvalue weighted by Crippen LogP contribution is -2.25. The van der Waals surface area contributed by atoms with Crippen molar-refractivity contribution in [2.45, 2.75) is 24.8 Å². The lowest BCUT2D eigenvalue weighted by molar-refractivity contribution is 0.0601. The fourth-order valence-corrected chi connectivity index (χ4v) is 2.63. The molecule has 0 spiro atoms. The molecule has 0 amide bonds. The maximum Gasteiger partial charge on any atom is 0.340 e. The summed E-state index contributed by atoms with van der Waals surface area (Å²) in [5.74, 6) is -0.605. The van der Waals surface area contributed by atoms with E-state index in [1.165, 1.54) is 33.5 Å². The molecule has 0 radical (unpaired) electrons. The molecule has 118 valence electrons. The predicted molar refractivity (Wildman–Crippen MR) is 79.8 cm³/mol. The molecule has 0 atom stereocenters. The third-order valence-corrected chi connectivity index (χ3v) is 4.64. The molecule has 0 aliphatic heterocycles. The summed E-state index contributed by atoms with van der Waals surface area (Å²) >= 11 is 0. The van der Waals surface area contributed by atoms with Crippen molar-refractivity contribution in [1.29, 1.82) is 0 Å². The highest BCUT2D eigenvalue weighted by Gasteiger charge is 2.27. The van der Waals surface area contributed by atoms with Gasteiger partial charge in [0.2, 0.25) is 0 Å². The van der Waals surface area contributed by atoms with E-state index < -0.39 is 16.0 Å². The molecule has 21 heavy (non-hydrogen) atoms. The first-order valence-electron chi connectivity index (χ1n) is 6.60. The first kappa shape index (κ1) is 17.4. The van der Waals surface area contributed by atoms with Gasteiger partial charge in [0.05, 0.1) is 18.4 Å². The number of methoxy groups -OCH3 is 1. The third kappa shape index (κ3) is 3.92. The Bertz CT molecular complexity index is 599. The van der Waals surface area contributed by atoms with Crippen molar-refractivity contribution < 1.29 is 17.9 Å². The number of carbonyl (C=O) groups is 1. The van der Waals surface area contributed by atoms with E-state index in [1.54, 1.807) is 0 Å². The maximum atomic E-state index is 12.3. The summed E-state index contributed by atoms with van der Waals surface area (Å²) in [7, 11) is 0.320. The summed E-state index contributed by atoms with van der Waals surface area (Å²) in [6.07, 6.45) is 3.07. The number of anilines is 1. The quantitative estimate of drug-likeness (QED) is 0.603. The molecule has 0 aromatic carbocycles. The number of nitrogens with zero attached hydrogens (tertiary/aromatic N) is 2. The van der Waals surface area contributed by atoms with Gasteiger partial charge in [-0.3, -0.25) is 0 Å². The van der Waals surface area contributed by atoms with Crippen molar-refractivity contribution in [2.75, 3.05) is 33.1 Å². The molecule has 7 nitrogen and oxygen atoms in total. The highest BCUT2D eigenvalue weighted by Crippen LogP contribution is 2.26. The van der Waals surface area contributed by atoms with Crippen LogP contribution in [0.2, 0.25) is 0 Å². The molecule has 1 aromatic heterocycles. The molecule has 1 rings (SSSR count). The predicted octanol–water partition coefficient (Wildman–Crippen LogP) is 1.33. The Morgan fingerprint density at radius 3 is 2.62 bits per heavy atom. The van der Waals surface area contributed by atoms with E-state index in [0.29, 0.717) is 6.54 Å². The van der Waals surface area contributed by atoms with E-state index in [2.05, 4.69) is 10.3 Å². The molecule has 0 unspecified atom stereocenters. The minimum Gasteiger partial charge on any atom is -0.465 e. The maximum absolute atomic E-state index is 12.3. The molecular formula is C13H21N3O4S. The van der Waals surface area contributed by atoms with Gasteiger partial charge in [-0.15, -0.1) is 0 Å². The van der Waals surface area contributed by atoms with Crippen molar-refractivity contribution in [2.24, 2.45) is 0 Å². The molecule has 0 aliphatic carbocycles. The van der Waals surface area contributed by atoms with Crippen molar-refractivity contribution in [3.05, 3.63) is 17.8 Å². The first-order valence-corrected chi connectivity index (χ1v) is 8.04. The average Bonchev–Trinajstić information content (AvgIpc) is 2.46. The molecule has 1 aromatic rings. The monoisotopic (exact) mass is 315 g/mol. The lowest BCUT2D eigenvalue weighted by Gasteiger charge is -2.17. The van der Waals surface area contributed by atoms with Gasteiger partial charge in [0.15, 0.2) is 5.03 Å². The van der Waals surface area contributed by atoms with Gasteiger partial charge in [-0.25, -0.2) is 22.5 Å². The third-order valence-electron chi connectivity index (χ3n) is 2.88. The van der Waals surface area contributed by atoms with Crippen molar-refractivity contribution in [3.63, 3.8) is 0 Å². The second-order valence-electron chi connectivity index (χ2n) is 4.60. The smallest absolute Gasteiger partial charge is 0.340 e. The van der Waals surface area contributed by atoms with E-state index in [9.17, 15) is 13.2 Å². The average molecular weight is 315 g/mol. The number of aromatic nitrogens is 1. The number of nitrogens with one attached hydrogen (secondary N) is 1. The zero-order valence-corrected chi connectivity index (χ0v) is 13.5. The van der Waals surface area contributed by atoms with Crippen LogP contribution in [0.15, 0.2) is 17.3 Å². The summed E-state index contributed by atoms with van der Waals surface area (Å²) in [4.78, 5) is 15.7.